The third-order valence-corrected chi connectivity index (χ3v) is 4.63. The van der Waals surface area contributed by atoms with Crippen LogP contribution in [0.5, 0.6) is 5.75 Å². The number of benzene rings is 1. The van der Waals surface area contributed by atoms with Crippen LogP contribution in [0.25, 0.3) is 0 Å². The Labute approximate surface area is 178 Å². The summed E-state index contributed by atoms with van der Waals surface area (Å²) in [5.74, 6) is -0.479. The van der Waals surface area contributed by atoms with E-state index in [1.165, 1.54) is 12.3 Å². The van der Waals surface area contributed by atoms with E-state index in [-0.39, 0.29) is 28.4 Å². The summed E-state index contributed by atoms with van der Waals surface area (Å²) in [4.78, 5) is 17.3. The van der Waals surface area contributed by atoms with E-state index in [4.69, 9.17) is 0 Å². The fraction of sp³-hybridized carbons (Fsp3) is 0.320. The smallest absolute Gasteiger partial charge is 0.261 e. The Morgan fingerprint density at radius 1 is 1.17 bits per heavy atom. The maximum atomic E-state index is 13.1. The maximum absolute atomic E-state index is 13.1. The van der Waals surface area contributed by atoms with E-state index >= 15 is 0 Å². The number of phenolic OH excluding ortho intramolecular Hbond substituents is 1. The molecule has 158 valence electrons. The van der Waals surface area contributed by atoms with E-state index in [1.807, 2.05) is 40.7 Å². The van der Waals surface area contributed by atoms with Gasteiger partial charge in [0.05, 0.1) is 5.57 Å². The highest BCUT2D eigenvalue weighted by atomic mass is 16.3. The lowest BCUT2D eigenvalue weighted by Gasteiger charge is -2.25. The van der Waals surface area contributed by atoms with Gasteiger partial charge in [-0.05, 0) is 59.8 Å². The van der Waals surface area contributed by atoms with Gasteiger partial charge < -0.3 is 15.5 Å². The average molecular weight is 407 g/mol. The molecule has 3 N–H and O–H groups in total. The second-order valence-electron chi connectivity index (χ2n) is 8.54. The zero-order valence-electron chi connectivity index (χ0n) is 18.4. The molecule has 0 atom stereocenters. The number of amides is 1. The summed E-state index contributed by atoms with van der Waals surface area (Å²) in [5, 5.41) is 23.7. The maximum Gasteiger partial charge on any atom is 0.261 e. The Hall–Kier alpha value is -3.30. The highest BCUT2D eigenvalue weighted by molar-refractivity contribution is 6.18. The zero-order chi connectivity index (χ0) is 22.5. The number of aliphatic hydroxyl groups excluding tert-OH is 1. The first-order valence-electron chi connectivity index (χ1n) is 9.92. The molecule has 0 radical (unpaired) electrons. The lowest BCUT2D eigenvalue weighted by molar-refractivity contribution is -0.112. The van der Waals surface area contributed by atoms with Crippen molar-refractivity contribution in [1.82, 2.24) is 0 Å². The molecule has 30 heavy (non-hydrogen) atoms. The van der Waals surface area contributed by atoms with Crippen LogP contribution in [0.1, 0.15) is 58.6 Å². The number of hydrogen-bond acceptors (Lipinski definition) is 4. The van der Waals surface area contributed by atoms with Gasteiger partial charge in [0.2, 0.25) is 0 Å². The van der Waals surface area contributed by atoms with E-state index < -0.39 is 5.91 Å². The Kier molecular flexibility index (Phi) is 7.25. The molecule has 1 heterocycles. The van der Waals surface area contributed by atoms with Gasteiger partial charge in [0.1, 0.15) is 11.5 Å². The van der Waals surface area contributed by atoms with Crippen molar-refractivity contribution in [3.8, 4) is 5.75 Å². The van der Waals surface area contributed by atoms with Crippen LogP contribution in [0.15, 0.2) is 70.3 Å². The van der Waals surface area contributed by atoms with Crippen molar-refractivity contribution < 1.29 is 15.0 Å². The number of hydrogen-bond donors (Lipinski definition) is 3. The molecule has 1 amide bonds. The van der Waals surface area contributed by atoms with Gasteiger partial charge in [-0.15, -0.1) is 5.73 Å². The molecule has 1 aliphatic heterocycles. The molecule has 0 spiro atoms. The number of aromatic hydroxyl groups is 1. The predicted octanol–water partition coefficient (Wildman–Crippen LogP) is 5.82. The third kappa shape index (κ3) is 5.85. The van der Waals surface area contributed by atoms with Gasteiger partial charge in [-0.3, -0.25) is 9.79 Å². The van der Waals surface area contributed by atoms with Crippen LogP contribution >= 0.6 is 0 Å². The number of phenols is 1. The van der Waals surface area contributed by atoms with Crippen molar-refractivity contribution >= 4 is 17.8 Å². The van der Waals surface area contributed by atoms with Crippen molar-refractivity contribution in [2.75, 3.05) is 5.32 Å². The van der Waals surface area contributed by atoms with E-state index in [0.717, 1.165) is 11.1 Å². The molecule has 5 heteroatoms. The van der Waals surface area contributed by atoms with E-state index in [9.17, 15) is 15.0 Å². The monoisotopic (exact) mass is 406 g/mol. The number of allylic oxidation sites excluding steroid dienone is 5. The third-order valence-electron chi connectivity index (χ3n) is 4.63. The van der Waals surface area contributed by atoms with Crippen LogP contribution in [0.3, 0.4) is 0 Å². The Bertz CT molecular complexity index is 1010. The Balaban J connectivity index is 2.52. The standard InChI is InChI=1S/C25H30N2O3/c1-16(2)18-13-20(25(4,5)6)21(14-23(18)29)27-24(30)19-15-26-17(3)11-9-7-8-10-12-22(19)28/h8-16,28-29H,1-6H3,(H,27,30)/b12-10+,17-11+,22-19?,26-15?. The molecular weight excluding hydrogens is 376 g/mol. The number of carbonyl (C=O) groups excluding carboxylic acids is 1. The van der Waals surface area contributed by atoms with Gasteiger partial charge in [0, 0.05) is 23.7 Å². The summed E-state index contributed by atoms with van der Waals surface area (Å²) in [6, 6.07) is 3.50. The van der Waals surface area contributed by atoms with E-state index in [2.05, 4.69) is 16.0 Å². The normalized spacial score (nSPS) is 17.5. The van der Waals surface area contributed by atoms with Crippen LogP contribution in [-0.2, 0) is 10.2 Å². The number of aliphatic hydroxyl groups is 1. The number of aliphatic imine (C=N–C) groups is 1. The van der Waals surface area contributed by atoms with Crippen LogP contribution in [-0.4, -0.2) is 22.3 Å². The first kappa shape index (κ1) is 23.0. The predicted molar refractivity (Wildman–Crippen MR) is 123 cm³/mol. The van der Waals surface area contributed by atoms with Crippen molar-refractivity contribution in [3.05, 3.63) is 76.4 Å². The highest BCUT2D eigenvalue weighted by Gasteiger charge is 2.23. The molecule has 0 saturated carbocycles. The summed E-state index contributed by atoms with van der Waals surface area (Å²) >= 11 is 0. The molecule has 2 rings (SSSR count). The van der Waals surface area contributed by atoms with Gasteiger partial charge in [-0.1, -0.05) is 40.7 Å². The Morgan fingerprint density at radius 3 is 2.50 bits per heavy atom. The van der Waals surface area contributed by atoms with E-state index in [1.54, 1.807) is 37.3 Å². The van der Waals surface area contributed by atoms with Crippen molar-refractivity contribution in [1.29, 1.82) is 0 Å². The van der Waals surface area contributed by atoms with Gasteiger partial charge >= 0.3 is 0 Å². The highest BCUT2D eigenvalue weighted by Crippen LogP contribution is 2.37. The fourth-order valence-electron chi connectivity index (χ4n) is 2.94. The number of carbonyl (C=O) groups is 1. The first-order valence-corrected chi connectivity index (χ1v) is 9.92. The molecule has 0 aliphatic carbocycles. The van der Waals surface area contributed by atoms with Crippen LogP contribution < -0.4 is 5.32 Å². The summed E-state index contributed by atoms with van der Waals surface area (Å²) in [5.41, 5.74) is 5.52. The number of rotatable bonds is 3. The number of nitrogens with one attached hydrogen (secondary N) is 1. The van der Waals surface area contributed by atoms with Crippen molar-refractivity contribution in [2.45, 2.75) is 52.9 Å². The molecule has 0 saturated heterocycles. The van der Waals surface area contributed by atoms with Crippen molar-refractivity contribution in [3.63, 3.8) is 0 Å². The Morgan fingerprint density at radius 2 is 1.87 bits per heavy atom. The fourth-order valence-corrected chi connectivity index (χ4v) is 2.94. The van der Waals surface area contributed by atoms with Gasteiger partial charge in [0.15, 0.2) is 0 Å². The second kappa shape index (κ2) is 9.47. The lowest BCUT2D eigenvalue weighted by Crippen LogP contribution is -2.21. The lowest BCUT2D eigenvalue weighted by atomic mass is 9.83. The summed E-state index contributed by atoms with van der Waals surface area (Å²) in [6.07, 6.45) is 9.41. The number of anilines is 1. The molecule has 1 aliphatic rings. The zero-order valence-corrected chi connectivity index (χ0v) is 18.4. The molecule has 0 bridgehead atoms. The molecule has 0 unspecified atom stereocenters. The second-order valence-corrected chi connectivity index (χ2v) is 8.54. The quantitative estimate of drug-likeness (QED) is 0.553. The topological polar surface area (TPSA) is 81.9 Å². The van der Waals surface area contributed by atoms with Crippen molar-refractivity contribution in [2.24, 2.45) is 4.99 Å². The van der Waals surface area contributed by atoms with Crippen LogP contribution in [0.4, 0.5) is 5.69 Å². The molecule has 1 aromatic rings. The van der Waals surface area contributed by atoms with Crippen LogP contribution in [0.2, 0.25) is 0 Å². The summed E-state index contributed by atoms with van der Waals surface area (Å²) in [6.45, 7) is 11.9. The minimum atomic E-state index is -0.521. The average Bonchev–Trinajstić information content (AvgIpc) is 2.66. The molecule has 1 aromatic carbocycles. The largest absolute Gasteiger partial charge is 0.508 e. The minimum absolute atomic E-state index is 0.0154. The van der Waals surface area contributed by atoms with Gasteiger partial charge in [-0.25, -0.2) is 0 Å². The van der Waals surface area contributed by atoms with Gasteiger partial charge in [-0.2, -0.15) is 0 Å². The summed E-state index contributed by atoms with van der Waals surface area (Å²) < 4.78 is 0. The van der Waals surface area contributed by atoms with E-state index in [0.29, 0.717) is 11.4 Å². The minimum Gasteiger partial charge on any atom is -0.508 e. The van der Waals surface area contributed by atoms with Gasteiger partial charge in [0.25, 0.3) is 5.91 Å². The SMILES string of the molecule is C/C1=C\C=C=C/C=C/C(O)=C(C(=O)Nc2cc(O)c(C(C)C)cc2C(C)(C)C)C=N1. The van der Waals surface area contributed by atoms with Crippen LogP contribution in [0, 0.1) is 0 Å². The first-order chi connectivity index (χ1) is 14.0. The molecule has 0 fully saturated rings. The number of nitrogens with zero attached hydrogens (tertiary/aromatic N) is 1. The molecular formula is C25H30N2O3. The molecule has 5 nitrogen and oxygen atoms in total. The summed E-state index contributed by atoms with van der Waals surface area (Å²) in [7, 11) is 0. The molecule has 0 aromatic heterocycles.